The van der Waals surface area contributed by atoms with Gasteiger partial charge in [0.15, 0.2) is 5.79 Å². The maximum Gasteiger partial charge on any atom is 0.191 e. The van der Waals surface area contributed by atoms with E-state index in [1.165, 1.54) is 56.9 Å². The van der Waals surface area contributed by atoms with Crippen LogP contribution in [-0.4, -0.2) is 19.0 Å². The SMILES string of the molecule is C[C@]12CCC[C@@H]1[C@@H]1CCC3=C(CCC#N)C4(CC[C@]3(C)[C@@H]1CC2)OCCO4. The minimum atomic E-state index is -0.491. The molecule has 5 aliphatic rings. The molecule has 27 heavy (non-hydrogen) atoms. The Labute approximate surface area is 164 Å². The van der Waals surface area contributed by atoms with E-state index >= 15 is 0 Å². The van der Waals surface area contributed by atoms with Gasteiger partial charge in [0.05, 0.1) is 19.3 Å². The van der Waals surface area contributed by atoms with Gasteiger partial charge < -0.3 is 9.47 Å². The Hall–Kier alpha value is -0.850. The van der Waals surface area contributed by atoms with Crippen molar-refractivity contribution >= 4 is 0 Å². The van der Waals surface area contributed by atoms with Crippen molar-refractivity contribution in [1.82, 2.24) is 0 Å². The molecule has 5 rings (SSSR count). The highest BCUT2D eigenvalue weighted by Crippen LogP contribution is 2.67. The van der Waals surface area contributed by atoms with Gasteiger partial charge in [-0.25, -0.2) is 0 Å². The molecule has 0 aromatic heterocycles. The smallest absolute Gasteiger partial charge is 0.191 e. The molecule has 0 unspecified atom stereocenters. The molecule has 3 heteroatoms. The van der Waals surface area contributed by atoms with Gasteiger partial charge in [0.25, 0.3) is 0 Å². The van der Waals surface area contributed by atoms with E-state index in [9.17, 15) is 5.26 Å². The third-order valence-corrected chi connectivity index (χ3v) is 9.49. The van der Waals surface area contributed by atoms with Crippen molar-refractivity contribution in [1.29, 1.82) is 5.26 Å². The van der Waals surface area contributed by atoms with E-state index in [2.05, 4.69) is 19.9 Å². The second-order valence-corrected chi connectivity index (χ2v) is 10.5. The standard InChI is InChI=1S/C24H35NO2/c1-22-10-3-5-18(22)17-7-8-20-21(6-4-14-25)24(26-15-16-27-24)13-12-23(20,2)19(17)9-11-22/h17-19H,3-13,15-16H2,1-2H3/t17-,18+,19+,22+,23+/m0/s1. The molecule has 4 aliphatic carbocycles. The van der Waals surface area contributed by atoms with Crippen LogP contribution in [0.5, 0.6) is 0 Å². The molecule has 148 valence electrons. The summed E-state index contributed by atoms with van der Waals surface area (Å²) in [6.45, 7) is 6.55. The fourth-order valence-electron chi connectivity index (χ4n) is 8.23. The number of ether oxygens (including phenoxy) is 2. The molecular weight excluding hydrogens is 334 g/mol. The molecule has 1 aliphatic heterocycles. The van der Waals surface area contributed by atoms with Crippen LogP contribution in [-0.2, 0) is 9.47 Å². The van der Waals surface area contributed by atoms with Gasteiger partial charge in [-0.05, 0) is 85.5 Å². The fourth-order valence-corrected chi connectivity index (χ4v) is 8.23. The van der Waals surface area contributed by atoms with Crippen molar-refractivity contribution in [2.24, 2.45) is 28.6 Å². The number of allylic oxidation sites excluding steroid dienone is 1. The Bertz CT molecular complexity index is 685. The van der Waals surface area contributed by atoms with Gasteiger partial charge in [0.1, 0.15) is 0 Å². The first-order chi connectivity index (χ1) is 13.0. The molecule has 0 radical (unpaired) electrons. The van der Waals surface area contributed by atoms with Gasteiger partial charge in [-0.1, -0.05) is 25.8 Å². The monoisotopic (exact) mass is 369 g/mol. The summed E-state index contributed by atoms with van der Waals surface area (Å²) in [6.07, 6.45) is 13.3. The van der Waals surface area contributed by atoms with Gasteiger partial charge in [0.2, 0.25) is 0 Å². The molecule has 0 aromatic carbocycles. The quantitative estimate of drug-likeness (QED) is 0.581. The Morgan fingerprint density at radius 3 is 2.59 bits per heavy atom. The molecule has 3 nitrogen and oxygen atoms in total. The van der Waals surface area contributed by atoms with Crippen LogP contribution in [0.4, 0.5) is 0 Å². The van der Waals surface area contributed by atoms with E-state index in [-0.39, 0.29) is 0 Å². The van der Waals surface area contributed by atoms with Crippen LogP contribution in [0.3, 0.4) is 0 Å². The van der Waals surface area contributed by atoms with E-state index in [0.717, 1.165) is 30.6 Å². The van der Waals surface area contributed by atoms with Gasteiger partial charge in [-0.3, -0.25) is 0 Å². The summed E-state index contributed by atoms with van der Waals surface area (Å²) < 4.78 is 12.4. The third kappa shape index (κ3) is 2.52. The van der Waals surface area contributed by atoms with Crippen LogP contribution in [0.25, 0.3) is 0 Å². The van der Waals surface area contributed by atoms with Crippen molar-refractivity contribution in [2.75, 3.05) is 13.2 Å². The lowest BCUT2D eigenvalue weighted by Crippen LogP contribution is -2.52. The van der Waals surface area contributed by atoms with Crippen LogP contribution in [0.2, 0.25) is 0 Å². The van der Waals surface area contributed by atoms with E-state index in [1.54, 1.807) is 5.57 Å². The molecule has 0 amide bonds. The zero-order valence-electron chi connectivity index (χ0n) is 17.2. The molecule has 1 heterocycles. The predicted molar refractivity (Wildman–Crippen MR) is 105 cm³/mol. The summed E-state index contributed by atoms with van der Waals surface area (Å²) in [5.41, 5.74) is 3.93. The Morgan fingerprint density at radius 2 is 1.81 bits per heavy atom. The van der Waals surface area contributed by atoms with E-state index in [4.69, 9.17) is 9.47 Å². The van der Waals surface area contributed by atoms with Crippen LogP contribution in [0, 0.1) is 39.9 Å². The molecule has 0 N–H and O–H groups in total. The van der Waals surface area contributed by atoms with Crippen molar-refractivity contribution in [2.45, 2.75) is 90.3 Å². The number of hydrogen-bond donors (Lipinski definition) is 0. The van der Waals surface area contributed by atoms with E-state index in [1.807, 2.05) is 0 Å². The average molecular weight is 370 g/mol. The first-order valence-corrected chi connectivity index (χ1v) is 11.4. The van der Waals surface area contributed by atoms with Crippen LogP contribution >= 0.6 is 0 Å². The van der Waals surface area contributed by atoms with Gasteiger partial charge >= 0.3 is 0 Å². The van der Waals surface area contributed by atoms with Crippen LogP contribution in [0.15, 0.2) is 11.1 Å². The summed E-state index contributed by atoms with van der Waals surface area (Å²) >= 11 is 0. The minimum absolute atomic E-state index is 0.304. The summed E-state index contributed by atoms with van der Waals surface area (Å²) in [6, 6.07) is 2.38. The highest BCUT2D eigenvalue weighted by atomic mass is 16.7. The van der Waals surface area contributed by atoms with Gasteiger partial charge in [-0.2, -0.15) is 5.26 Å². The number of rotatable bonds is 2. The summed E-state index contributed by atoms with van der Waals surface area (Å²) in [5.74, 6) is 2.20. The first-order valence-electron chi connectivity index (χ1n) is 11.4. The maximum absolute atomic E-state index is 9.25. The fraction of sp³-hybridized carbons (Fsp3) is 0.875. The Kier molecular flexibility index (Phi) is 4.26. The Balaban J connectivity index is 1.53. The lowest BCUT2D eigenvalue weighted by Gasteiger charge is -2.59. The molecule has 1 saturated heterocycles. The number of fused-ring (bicyclic) bond motifs is 5. The van der Waals surface area contributed by atoms with E-state index < -0.39 is 5.79 Å². The topological polar surface area (TPSA) is 42.2 Å². The normalized spacial score (nSPS) is 45.3. The second kappa shape index (κ2) is 6.33. The third-order valence-electron chi connectivity index (χ3n) is 9.49. The van der Waals surface area contributed by atoms with Gasteiger partial charge in [0, 0.05) is 12.8 Å². The van der Waals surface area contributed by atoms with Crippen molar-refractivity contribution in [3.05, 3.63) is 11.1 Å². The van der Waals surface area contributed by atoms with Crippen molar-refractivity contribution in [3.63, 3.8) is 0 Å². The van der Waals surface area contributed by atoms with Crippen molar-refractivity contribution < 1.29 is 9.47 Å². The minimum Gasteiger partial charge on any atom is -0.344 e. The summed E-state index contributed by atoms with van der Waals surface area (Å²) in [4.78, 5) is 0. The Morgan fingerprint density at radius 1 is 1.00 bits per heavy atom. The zero-order valence-corrected chi connectivity index (χ0v) is 17.2. The lowest BCUT2D eigenvalue weighted by atomic mass is 9.46. The predicted octanol–water partition coefficient (Wildman–Crippen LogP) is 5.76. The first kappa shape index (κ1) is 18.2. The summed E-state index contributed by atoms with van der Waals surface area (Å²) in [7, 11) is 0. The molecule has 5 atom stereocenters. The highest BCUT2D eigenvalue weighted by molar-refractivity contribution is 5.35. The van der Waals surface area contributed by atoms with Gasteiger partial charge in [-0.15, -0.1) is 0 Å². The molecule has 1 spiro atoms. The molecular formula is C24H35NO2. The summed E-state index contributed by atoms with van der Waals surface area (Å²) in [5, 5.41) is 9.25. The lowest BCUT2D eigenvalue weighted by molar-refractivity contribution is -0.155. The molecule has 4 fully saturated rings. The maximum atomic E-state index is 9.25. The van der Waals surface area contributed by atoms with Crippen LogP contribution in [0.1, 0.15) is 84.5 Å². The average Bonchev–Trinajstić information content (AvgIpc) is 3.28. The molecule has 0 bridgehead atoms. The van der Waals surface area contributed by atoms with Crippen LogP contribution < -0.4 is 0 Å². The molecule has 0 aromatic rings. The second-order valence-electron chi connectivity index (χ2n) is 10.5. The highest BCUT2D eigenvalue weighted by Gasteiger charge is 2.59. The zero-order chi connectivity index (χ0) is 18.7. The largest absolute Gasteiger partial charge is 0.344 e. The van der Waals surface area contributed by atoms with Crippen molar-refractivity contribution in [3.8, 4) is 6.07 Å². The molecule has 3 saturated carbocycles. The number of nitriles is 1. The number of hydrogen-bond acceptors (Lipinski definition) is 3. The van der Waals surface area contributed by atoms with E-state index in [0.29, 0.717) is 30.5 Å². The number of nitrogens with zero attached hydrogens (tertiary/aromatic N) is 1.